The number of hydrogen-bond donors (Lipinski definition) is 0. The monoisotopic (exact) mass is 290 g/mol. The molecule has 0 N–H and O–H groups in total. The van der Waals surface area contributed by atoms with Crippen LogP contribution in [0, 0.1) is 5.92 Å². The summed E-state index contributed by atoms with van der Waals surface area (Å²) in [5.41, 5.74) is 0.743. The minimum absolute atomic E-state index is 0.149. The summed E-state index contributed by atoms with van der Waals surface area (Å²) in [5.74, 6) is 0.482. The minimum atomic E-state index is -0.280. The first-order chi connectivity index (χ1) is 10.1. The average molecular weight is 290 g/mol. The van der Waals surface area contributed by atoms with Crippen molar-refractivity contribution in [1.29, 1.82) is 0 Å². The summed E-state index contributed by atoms with van der Waals surface area (Å²) in [6.07, 6.45) is 4.44. The van der Waals surface area contributed by atoms with E-state index in [1.807, 2.05) is 30.3 Å². The maximum absolute atomic E-state index is 12.1. The Balaban J connectivity index is 1.83. The number of hydrogen-bond acceptors (Lipinski definition) is 3. The molecule has 1 heterocycles. The first-order valence-electron chi connectivity index (χ1n) is 7.93. The molecule has 0 aliphatic carbocycles. The van der Waals surface area contributed by atoms with Gasteiger partial charge in [-0.25, -0.2) is 0 Å². The molecule has 0 aromatic heterocycles. The second kappa shape index (κ2) is 7.60. The normalized spacial score (nSPS) is 21.7. The zero-order chi connectivity index (χ0) is 15.1. The van der Waals surface area contributed by atoms with E-state index in [0.29, 0.717) is 18.9 Å². The molecule has 1 atom stereocenters. The molecule has 2 rings (SSSR count). The quantitative estimate of drug-likeness (QED) is 0.709. The number of benzene rings is 1. The van der Waals surface area contributed by atoms with Crippen LogP contribution in [-0.2, 0) is 20.9 Å². The van der Waals surface area contributed by atoms with E-state index in [9.17, 15) is 4.79 Å². The Kier molecular flexibility index (Phi) is 5.80. The second-order valence-corrected chi connectivity index (χ2v) is 6.39. The lowest BCUT2D eigenvalue weighted by Crippen LogP contribution is -2.32. The zero-order valence-electron chi connectivity index (χ0n) is 13.1. The molecule has 1 saturated heterocycles. The van der Waals surface area contributed by atoms with Crippen LogP contribution in [0.5, 0.6) is 0 Å². The molecule has 0 saturated carbocycles. The summed E-state index contributed by atoms with van der Waals surface area (Å²) in [7, 11) is 0. The number of ether oxygens (including phenoxy) is 2. The highest BCUT2D eigenvalue weighted by atomic mass is 16.5. The molecule has 1 aliphatic rings. The Hall–Kier alpha value is -1.35. The van der Waals surface area contributed by atoms with Crippen molar-refractivity contribution in [2.24, 2.45) is 5.92 Å². The van der Waals surface area contributed by atoms with Crippen LogP contribution in [0.15, 0.2) is 30.3 Å². The fraction of sp³-hybridized carbons (Fsp3) is 0.611. The van der Waals surface area contributed by atoms with E-state index in [2.05, 4.69) is 13.8 Å². The van der Waals surface area contributed by atoms with Gasteiger partial charge < -0.3 is 9.47 Å². The van der Waals surface area contributed by atoms with Gasteiger partial charge >= 0.3 is 5.97 Å². The molecule has 1 aromatic carbocycles. The van der Waals surface area contributed by atoms with Gasteiger partial charge in [0.25, 0.3) is 0 Å². The molecule has 116 valence electrons. The van der Waals surface area contributed by atoms with Crippen LogP contribution in [-0.4, -0.2) is 18.2 Å². The Morgan fingerprint density at radius 3 is 2.71 bits per heavy atom. The Bertz CT molecular complexity index is 433. The first-order valence-corrected chi connectivity index (χ1v) is 7.93. The summed E-state index contributed by atoms with van der Waals surface area (Å²) >= 11 is 0. The summed E-state index contributed by atoms with van der Waals surface area (Å²) in [5, 5.41) is 0. The molecule has 1 unspecified atom stereocenters. The second-order valence-electron chi connectivity index (χ2n) is 6.39. The number of carbonyl (C=O) groups excluding carboxylic acids is 1. The van der Waals surface area contributed by atoms with Crippen molar-refractivity contribution in [1.82, 2.24) is 0 Å². The molecule has 3 heteroatoms. The maximum atomic E-state index is 12.1. The van der Waals surface area contributed by atoms with E-state index in [1.165, 1.54) is 0 Å². The lowest BCUT2D eigenvalue weighted by Gasteiger charge is -2.28. The molecule has 0 radical (unpaired) electrons. The molecule has 0 bridgehead atoms. The Labute approximate surface area is 127 Å². The van der Waals surface area contributed by atoms with Gasteiger partial charge in [0.15, 0.2) is 0 Å². The summed E-state index contributed by atoms with van der Waals surface area (Å²) < 4.78 is 11.3. The van der Waals surface area contributed by atoms with Crippen molar-refractivity contribution in [2.45, 2.75) is 58.2 Å². The van der Waals surface area contributed by atoms with Crippen LogP contribution in [0.1, 0.15) is 51.5 Å². The van der Waals surface area contributed by atoms with Gasteiger partial charge in [0.05, 0.1) is 12.0 Å². The third kappa shape index (κ3) is 5.16. The SMILES string of the molecule is CC(C)CCC1(CC(=O)OCc2ccccc2)CCCO1. The van der Waals surface area contributed by atoms with Crippen molar-refractivity contribution < 1.29 is 14.3 Å². The molecule has 1 aliphatic heterocycles. The van der Waals surface area contributed by atoms with Gasteiger partial charge in [-0.2, -0.15) is 0 Å². The lowest BCUT2D eigenvalue weighted by molar-refractivity contribution is -0.151. The van der Waals surface area contributed by atoms with Gasteiger partial charge in [-0.3, -0.25) is 4.79 Å². The predicted octanol–water partition coefficient (Wildman–Crippen LogP) is 4.11. The van der Waals surface area contributed by atoms with Crippen molar-refractivity contribution in [2.75, 3.05) is 6.61 Å². The highest BCUT2D eigenvalue weighted by Crippen LogP contribution is 2.35. The molecule has 0 spiro atoms. The molecule has 0 amide bonds. The largest absolute Gasteiger partial charge is 0.461 e. The molecule has 1 aromatic rings. The summed E-state index contributed by atoms with van der Waals surface area (Å²) in [6.45, 7) is 5.52. The average Bonchev–Trinajstić information content (AvgIpc) is 2.93. The lowest BCUT2D eigenvalue weighted by atomic mass is 9.88. The molecular weight excluding hydrogens is 264 g/mol. The van der Waals surface area contributed by atoms with Crippen LogP contribution < -0.4 is 0 Å². The topological polar surface area (TPSA) is 35.5 Å². The fourth-order valence-electron chi connectivity index (χ4n) is 2.78. The summed E-state index contributed by atoms with van der Waals surface area (Å²) in [6, 6.07) is 9.79. The van der Waals surface area contributed by atoms with E-state index >= 15 is 0 Å². The van der Waals surface area contributed by atoms with Crippen LogP contribution in [0.4, 0.5) is 0 Å². The molecule has 1 fully saturated rings. The van der Waals surface area contributed by atoms with Gasteiger partial charge in [-0.1, -0.05) is 44.2 Å². The van der Waals surface area contributed by atoms with E-state index in [-0.39, 0.29) is 11.6 Å². The van der Waals surface area contributed by atoms with Crippen LogP contribution >= 0.6 is 0 Å². The predicted molar refractivity (Wildman–Crippen MR) is 82.8 cm³/mol. The number of rotatable bonds is 7. The Morgan fingerprint density at radius 2 is 2.10 bits per heavy atom. The molecular formula is C18H26O3. The maximum Gasteiger partial charge on any atom is 0.309 e. The van der Waals surface area contributed by atoms with Crippen molar-refractivity contribution >= 4 is 5.97 Å². The first kappa shape index (κ1) is 16.0. The van der Waals surface area contributed by atoms with Gasteiger partial charge in [-0.15, -0.1) is 0 Å². The minimum Gasteiger partial charge on any atom is -0.461 e. The van der Waals surface area contributed by atoms with Gasteiger partial charge in [0.1, 0.15) is 6.61 Å². The van der Waals surface area contributed by atoms with E-state index in [4.69, 9.17) is 9.47 Å². The standard InChI is InChI=1S/C18H26O3/c1-15(2)9-11-18(10-6-12-21-18)13-17(19)20-14-16-7-4-3-5-8-16/h3-5,7-8,15H,6,9-14H2,1-2H3. The molecule has 3 nitrogen and oxygen atoms in total. The van der Waals surface area contributed by atoms with Crippen molar-refractivity contribution in [3.05, 3.63) is 35.9 Å². The van der Waals surface area contributed by atoms with Gasteiger partial charge in [-0.05, 0) is 37.2 Å². The molecule has 21 heavy (non-hydrogen) atoms. The zero-order valence-corrected chi connectivity index (χ0v) is 13.1. The third-order valence-electron chi connectivity index (χ3n) is 4.07. The van der Waals surface area contributed by atoms with Gasteiger partial charge in [0.2, 0.25) is 0 Å². The van der Waals surface area contributed by atoms with Crippen molar-refractivity contribution in [3.8, 4) is 0 Å². The number of carbonyl (C=O) groups is 1. The smallest absolute Gasteiger partial charge is 0.309 e. The van der Waals surface area contributed by atoms with Crippen LogP contribution in [0.3, 0.4) is 0 Å². The van der Waals surface area contributed by atoms with Crippen LogP contribution in [0.25, 0.3) is 0 Å². The Morgan fingerprint density at radius 1 is 1.33 bits per heavy atom. The highest BCUT2D eigenvalue weighted by Gasteiger charge is 2.37. The van der Waals surface area contributed by atoms with E-state index in [1.54, 1.807) is 0 Å². The highest BCUT2D eigenvalue weighted by molar-refractivity contribution is 5.70. The van der Waals surface area contributed by atoms with Gasteiger partial charge in [0, 0.05) is 6.61 Å². The number of esters is 1. The third-order valence-corrected chi connectivity index (χ3v) is 4.07. The summed E-state index contributed by atoms with van der Waals surface area (Å²) in [4.78, 5) is 12.1. The fourth-order valence-corrected chi connectivity index (χ4v) is 2.78. The van der Waals surface area contributed by atoms with Crippen molar-refractivity contribution in [3.63, 3.8) is 0 Å². The van der Waals surface area contributed by atoms with E-state index < -0.39 is 0 Å². The van der Waals surface area contributed by atoms with E-state index in [0.717, 1.165) is 37.9 Å². The van der Waals surface area contributed by atoms with Crippen LogP contribution in [0.2, 0.25) is 0 Å².